The molecule has 0 unspecified atom stereocenters. The number of methoxy groups -OCH3 is 2. The molecule has 0 aliphatic heterocycles. The van der Waals surface area contributed by atoms with E-state index in [1.165, 1.54) is 0 Å². The third-order valence-electron chi connectivity index (χ3n) is 4.32. The second kappa shape index (κ2) is 10.7. The van der Waals surface area contributed by atoms with E-state index in [9.17, 15) is 4.79 Å². The fraction of sp³-hybridized carbons (Fsp3) is 0.217. The molecule has 0 fully saturated rings. The fourth-order valence-electron chi connectivity index (χ4n) is 2.84. The van der Waals surface area contributed by atoms with E-state index >= 15 is 0 Å². The van der Waals surface area contributed by atoms with Gasteiger partial charge in [-0.3, -0.25) is 9.88 Å². The zero-order valence-electron chi connectivity index (χ0n) is 17.0. The molecule has 1 amide bonds. The standard InChI is InChI=1S/C23H24N2O5/c1-27-20-8-3-6-18(12-20)15-25(16-19-7-4-9-21(13-19)28-2)23(26)30-17-29-22-10-5-11-24-14-22/h3-14H,15-17H2,1-2H3. The van der Waals surface area contributed by atoms with Gasteiger partial charge in [-0.15, -0.1) is 0 Å². The van der Waals surface area contributed by atoms with Crippen LogP contribution >= 0.6 is 0 Å². The molecule has 0 aliphatic carbocycles. The molecule has 7 heteroatoms. The third kappa shape index (κ3) is 6.13. The van der Waals surface area contributed by atoms with Crippen molar-refractivity contribution >= 4 is 6.09 Å². The van der Waals surface area contributed by atoms with Gasteiger partial charge in [0.15, 0.2) is 0 Å². The van der Waals surface area contributed by atoms with Crippen molar-refractivity contribution in [3.63, 3.8) is 0 Å². The molecule has 3 aromatic rings. The van der Waals surface area contributed by atoms with Gasteiger partial charge in [0.25, 0.3) is 0 Å². The van der Waals surface area contributed by atoms with Crippen LogP contribution in [0.2, 0.25) is 0 Å². The lowest BCUT2D eigenvalue weighted by atomic mass is 10.1. The number of hydrogen-bond donors (Lipinski definition) is 0. The summed E-state index contributed by atoms with van der Waals surface area (Å²) in [7, 11) is 3.22. The first kappa shape index (κ1) is 21.0. The van der Waals surface area contributed by atoms with E-state index in [1.807, 2.05) is 48.5 Å². The Morgan fingerprint density at radius 1 is 0.867 bits per heavy atom. The zero-order chi connectivity index (χ0) is 21.2. The Morgan fingerprint density at radius 2 is 1.47 bits per heavy atom. The number of ether oxygens (including phenoxy) is 4. The summed E-state index contributed by atoms with van der Waals surface area (Å²) in [5, 5.41) is 0. The van der Waals surface area contributed by atoms with Crippen molar-refractivity contribution in [3.05, 3.63) is 84.2 Å². The summed E-state index contributed by atoms with van der Waals surface area (Å²) < 4.78 is 21.3. The number of amides is 1. The molecule has 2 aromatic carbocycles. The van der Waals surface area contributed by atoms with Crippen LogP contribution in [0.3, 0.4) is 0 Å². The van der Waals surface area contributed by atoms with Crippen molar-refractivity contribution in [1.29, 1.82) is 0 Å². The smallest absolute Gasteiger partial charge is 0.413 e. The van der Waals surface area contributed by atoms with Gasteiger partial charge in [-0.1, -0.05) is 24.3 Å². The maximum absolute atomic E-state index is 12.8. The van der Waals surface area contributed by atoms with E-state index in [-0.39, 0.29) is 6.79 Å². The summed E-state index contributed by atoms with van der Waals surface area (Å²) in [6.07, 6.45) is 2.70. The molecule has 0 N–H and O–H groups in total. The van der Waals surface area contributed by atoms with Crippen molar-refractivity contribution in [2.24, 2.45) is 0 Å². The Balaban J connectivity index is 1.70. The summed E-state index contributed by atoms with van der Waals surface area (Å²) in [4.78, 5) is 18.4. The lowest BCUT2D eigenvalue weighted by Gasteiger charge is -2.23. The molecule has 1 heterocycles. The van der Waals surface area contributed by atoms with Crippen molar-refractivity contribution < 1.29 is 23.7 Å². The van der Waals surface area contributed by atoms with Gasteiger partial charge in [-0.2, -0.15) is 0 Å². The second-order valence-corrected chi connectivity index (χ2v) is 6.42. The summed E-state index contributed by atoms with van der Waals surface area (Å²) in [5.41, 5.74) is 1.84. The minimum absolute atomic E-state index is 0.211. The Labute approximate surface area is 175 Å². The van der Waals surface area contributed by atoms with Gasteiger partial charge in [0.05, 0.1) is 20.4 Å². The predicted molar refractivity (Wildman–Crippen MR) is 111 cm³/mol. The maximum Gasteiger partial charge on any atom is 0.413 e. The number of carbonyl (C=O) groups excluding carboxylic acids is 1. The number of carbonyl (C=O) groups is 1. The van der Waals surface area contributed by atoms with Crippen LogP contribution < -0.4 is 14.2 Å². The molecule has 0 bridgehead atoms. The van der Waals surface area contributed by atoms with E-state index in [2.05, 4.69) is 4.98 Å². The van der Waals surface area contributed by atoms with E-state index in [0.29, 0.717) is 18.8 Å². The van der Waals surface area contributed by atoms with Crippen LogP contribution in [0.15, 0.2) is 73.1 Å². The molecule has 1 aromatic heterocycles. The van der Waals surface area contributed by atoms with E-state index in [0.717, 1.165) is 22.6 Å². The number of nitrogens with zero attached hydrogens (tertiary/aromatic N) is 2. The Kier molecular flexibility index (Phi) is 7.49. The predicted octanol–water partition coefficient (Wildman–Crippen LogP) is 4.27. The molecule has 0 radical (unpaired) electrons. The molecule has 0 spiro atoms. The fourth-order valence-corrected chi connectivity index (χ4v) is 2.84. The van der Waals surface area contributed by atoms with E-state index in [1.54, 1.807) is 43.6 Å². The van der Waals surface area contributed by atoms with E-state index < -0.39 is 6.09 Å². The SMILES string of the molecule is COc1cccc(CN(Cc2cccc(OC)c2)C(=O)OCOc2cccnc2)c1. The molecular formula is C23H24N2O5. The number of rotatable bonds is 9. The first-order chi connectivity index (χ1) is 14.7. The number of hydrogen-bond acceptors (Lipinski definition) is 6. The lowest BCUT2D eigenvalue weighted by Crippen LogP contribution is -2.31. The number of benzene rings is 2. The van der Waals surface area contributed by atoms with Crippen LogP contribution in [0.4, 0.5) is 4.79 Å². The summed E-state index contributed by atoms with van der Waals surface area (Å²) >= 11 is 0. The monoisotopic (exact) mass is 408 g/mol. The molecule has 0 saturated carbocycles. The maximum atomic E-state index is 12.8. The van der Waals surface area contributed by atoms with Crippen LogP contribution in [0.25, 0.3) is 0 Å². The first-order valence-electron chi connectivity index (χ1n) is 9.38. The van der Waals surface area contributed by atoms with Gasteiger partial charge < -0.3 is 18.9 Å². The highest BCUT2D eigenvalue weighted by Crippen LogP contribution is 2.19. The van der Waals surface area contributed by atoms with Crippen LogP contribution in [-0.4, -0.2) is 37.0 Å². The Hall–Kier alpha value is -3.74. The van der Waals surface area contributed by atoms with Crippen molar-refractivity contribution in [2.75, 3.05) is 21.0 Å². The van der Waals surface area contributed by atoms with Gasteiger partial charge in [0.1, 0.15) is 17.2 Å². The molecule has 0 aliphatic rings. The van der Waals surface area contributed by atoms with Crippen LogP contribution in [0.1, 0.15) is 11.1 Å². The average molecular weight is 408 g/mol. The van der Waals surface area contributed by atoms with Gasteiger partial charge in [0.2, 0.25) is 6.79 Å². The first-order valence-corrected chi connectivity index (χ1v) is 9.38. The molecule has 0 atom stereocenters. The quantitative estimate of drug-likeness (QED) is 0.493. The Morgan fingerprint density at radius 3 is 2.00 bits per heavy atom. The van der Waals surface area contributed by atoms with Gasteiger partial charge in [0, 0.05) is 19.3 Å². The normalized spacial score (nSPS) is 10.2. The highest BCUT2D eigenvalue weighted by molar-refractivity contribution is 5.67. The highest BCUT2D eigenvalue weighted by atomic mass is 16.7. The molecular weight excluding hydrogens is 384 g/mol. The van der Waals surface area contributed by atoms with E-state index in [4.69, 9.17) is 18.9 Å². The molecule has 0 saturated heterocycles. The third-order valence-corrected chi connectivity index (χ3v) is 4.32. The van der Waals surface area contributed by atoms with Gasteiger partial charge >= 0.3 is 6.09 Å². The zero-order valence-corrected chi connectivity index (χ0v) is 17.0. The summed E-state index contributed by atoms with van der Waals surface area (Å²) in [5.74, 6) is 1.97. The number of aromatic nitrogens is 1. The molecule has 30 heavy (non-hydrogen) atoms. The average Bonchev–Trinajstić information content (AvgIpc) is 2.79. The van der Waals surface area contributed by atoms with Crippen LogP contribution in [-0.2, 0) is 17.8 Å². The largest absolute Gasteiger partial charge is 0.497 e. The minimum atomic E-state index is -0.496. The number of pyridine rings is 1. The highest BCUT2D eigenvalue weighted by Gasteiger charge is 2.17. The van der Waals surface area contributed by atoms with Crippen molar-refractivity contribution in [2.45, 2.75) is 13.1 Å². The minimum Gasteiger partial charge on any atom is -0.497 e. The van der Waals surface area contributed by atoms with Crippen molar-refractivity contribution in [3.8, 4) is 17.2 Å². The lowest BCUT2D eigenvalue weighted by molar-refractivity contribution is 0.0316. The molecule has 3 rings (SSSR count). The van der Waals surface area contributed by atoms with Crippen LogP contribution in [0.5, 0.6) is 17.2 Å². The van der Waals surface area contributed by atoms with Crippen LogP contribution in [0, 0.1) is 0 Å². The molecule has 7 nitrogen and oxygen atoms in total. The van der Waals surface area contributed by atoms with Gasteiger partial charge in [-0.05, 0) is 47.5 Å². The summed E-state index contributed by atoms with van der Waals surface area (Å²) in [6.45, 7) is 0.484. The topological polar surface area (TPSA) is 70.1 Å². The summed E-state index contributed by atoms with van der Waals surface area (Å²) in [6, 6.07) is 18.6. The second-order valence-electron chi connectivity index (χ2n) is 6.42. The van der Waals surface area contributed by atoms with Gasteiger partial charge in [-0.25, -0.2) is 4.79 Å². The van der Waals surface area contributed by atoms with Crippen molar-refractivity contribution in [1.82, 2.24) is 9.88 Å². The molecule has 156 valence electrons. The Bertz CT molecular complexity index is 900.